The van der Waals surface area contributed by atoms with Crippen LogP contribution in [0.5, 0.6) is 0 Å². The van der Waals surface area contributed by atoms with Crippen molar-refractivity contribution in [1.29, 1.82) is 0 Å². The van der Waals surface area contributed by atoms with Crippen LogP contribution >= 0.6 is 0 Å². The lowest BCUT2D eigenvalue weighted by atomic mass is 10.2. The molecule has 0 atom stereocenters. The van der Waals surface area contributed by atoms with Gasteiger partial charge in [0.1, 0.15) is 23.1 Å². The number of hydrogen-bond acceptors (Lipinski definition) is 3. The van der Waals surface area contributed by atoms with Gasteiger partial charge in [-0.1, -0.05) is 13.0 Å². The van der Waals surface area contributed by atoms with E-state index in [2.05, 4.69) is 11.8 Å². The molecule has 0 N–H and O–H groups in total. The zero-order valence-electron chi connectivity index (χ0n) is 16.0. The Morgan fingerprint density at radius 3 is 2.54 bits per heavy atom. The van der Waals surface area contributed by atoms with Crippen LogP contribution in [0.4, 0.5) is 8.78 Å². The molecule has 0 spiro atoms. The maximum absolute atomic E-state index is 14.2. The number of amides is 1. The van der Waals surface area contributed by atoms with E-state index in [1.165, 1.54) is 12.1 Å². The number of furan rings is 1. The molecule has 148 valence electrons. The summed E-state index contributed by atoms with van der Waals surface area (Å²) in [6.07, 6.45) is 0. The van der Waals surface area contributed by atoms with E-state index in [9.17, 15) is 13.6 Å². The molecule has 3 heterocycles. The summed E-state index contributed by atoms with van der Waals surface area (Å²) in [5.74, 6) is -0.628. The molecule has 1 aliphatic rings. The molecule has 1 fully saturated rings. The Bertz CT molecular complexity index is 1020. The number of likely N-dealkylation sites (N-methyl/N-ethyl adjacent to an activating group) is 1. The van der Waals surface area contributed by atoms with E-state index in [0.717, 1.165) is 31.2 Å². The largest absolute Gasteiger partial charge is 0.460 e. The maximum Gasteiger partial charge on any atom is 0.270 e. The van der Waals surface area contributed by atoms with Crippen molar-refractivity contribution in [3.8, 4) is 0 Å². The average Bonchev–Trinajstić information content (AvgIpc) is 3.20. The average molecular weight is 387 g/mol. The number of benzene rings is 1. The standard InChI is InChI=1S/C21H23F2N3O2/c1-3-24-6-8-25(9-7-24)21(27)19-12-20-18(10-14(2)28-20)26(19)13-15-4-5-16(22)11-17(15)23/h4-5,10-12H,3,6-9,13H2,1-2H3. The van der Waals surface area contributed by atoms with Gasteiger partial charge in [0.25, 0.3) is 5.91 Å². The van der Waals surface area contributed by atoms with Crippen molar-refractivity contribution in [3.05, 3.63) is 59.0 Å². The minimum Gasteiger partial charge on any atom is -0.460 e. The fourth-order valence-corrected chi connectivity index (χ4v) is 3.76. The summed E-state index contributed by atoms with van der Waals surface area (Å²) in [6, 6.07) is 7.06. The predicted octanol–water partition coefficient (Wildman–Crippen LogP) is 3.65. The highest BCUT2D eigenvalue weighted by atomic mass is 19.1. The molecule has 1 amide bonds. The smallest absolute Gasteiger partial charge is 0.270 e. The number of hydrogen-bond donors (Lipinski definition) is 0. The highest BCUT2D eigenvalue weighted by Gasteiger charge is 2.26. The Morgan fingerprint density at radius 1 is 1.11 bits per heavy atom. The number of carbonyl (C=O) groups excluding carboxylic acids is 1. The number of nitrogens with zero attached hydrogens (tertiary/aromatic N) is 3. The van der Waals surface area contributed by atoms with Crippen LogP contribution < -0.4 is 0 Å². The fraction of sp³-hybridized carbons (Fsp3) is 0.381. The van der Waals surface area contributed by atoms with Crippen LogP contribution in [0.3, 0.4) is 0 Å². The van der Waals surface area contributed by atoms with Crippen LogP contribution in [0.25, 0.3) is 11.1 Å². The van der Waals surface area contributed by atoms with Crippen molar-refractivity contribution in [2.24, 2.45) is 0 Å². The normalized spacial score (nSPS) is 15.5. The quantitative estimate of drug-likeness (QED) is 0.686. The van der Waals surface area contributed by atoms with Gasteiger partial charge in [-0.2, -0.15) is 0 Å². The minimum absolute atomic E-state index is 0.0951. The molecule has 28 heavy (non-hydrogen) atoms. The van der Waals surface area contributed by atoms with E-state index in [1.54, 1.807) is 10.6 Å². The number of halogens is 2. The van der Waals surface area contributed by atoms with Crippen molar-refractivity contribution >= 4 is 17.0 Å². The van der Waals surface area contributed by atoms with Gasteiger partial charge in [-0.25, -0.2) is 8.78 Å². The zero-order valence-corrected chi connectivity index (χ0v) is 16.0. The van der Waals surface area contributed by atoms with E-state index in [-0.39, 0.29) is 12.5 Å². The van der Waals surface area contributed by atoms with Crippen LogP contribution in [-0.2, 0) is 6.54 Å². The first kappa shape index (κ1) is 18.7. The van der Waals surface area contributed by atoms with Crippen LogP contribution in [0.15, 0.2) is 34.7 Å². The van der Waals surface area contributed by atoms with Crippen molar-refractivity contribution in [3.63, 3.8) is 0 Å². The molecule has 0 saturated carbocycles. The maximum atomic E-state index is 14.2. The van der Waals surface area contributed by atoms with Gasteiger partial charge >= 0.3 is 0 Å². The molecule has 1 aliphatic heterocycles. The molecule has 5 nitrogen and oxygen atoms in total. The molecular formula is C21H23F2N3O2. The van der Waals surface area contributed by atoms with Gasteiger partial charge in [0.2, 0.25) is 0 Å². The summed E-state index contributed by atoms with van der Waals surface area (Å²) < 4.78 is 35.0. The van der Waals surface area contributed by atoms with Crippen LogP contribution in [0.1, 0.15) is 28.7 Å². The second-order valence-electron chi connectivity index (χ2n) is 7.18. The third-order valence-electron chi connectivity index (χ3n) is 5.38. The van der Waals surface area contributed by atoms with E-state index < -0.39 is 11.6 Å². The van der Waals surface area contributed by atoms with E-state index in [0.29, 0.717) is 35.7 Å². The Morgan fingerprint density at radius 2 is 1.86 bits per heavy atom. The molecule has 1 aromatic carbocycles. The number of aromatic nitrogens is 1. The second-order valence-corrected chi connectivity index (χ2v) is 7.18. The molecule has 7 heteroatoms. The summed E-state index contributed by atoms with van der Waals surface area (Å²) in [5, 5.41) is 0. The summed E-state index contributed by atoms with van der Waals surface area (Å²) in [7, 11) is 0. The van der Waals surface area contributed by atoms with E-state index >= 15 is 0 Å². The number of piperazine rings is 1. The molecule has 0 aliphatic carbocycles. The minimum atomic E-state index is -0.628. The van der Waals surface area contributed by atoms with Gasteiger partial charge in [-0.3, -0.25) is 4.79 Å². The Hall–Kier alpha value is -2.67. The lowest BCUT2D eigenvalue weighted by molar-refractivity contribution is 0.0633. The van der Waals surface area contributed by atoms with Crippen molar-refractivity contribution in [2.45, 2.75) is 20.4 Å². The third kappa shape index (κ3) is 3.42. The molecule has 1 saturated heterocycles. The first-order valence-electron chi connectivity index (χ1n) is 9.51. The molecule has 0 radical (unpaired) electrons. The Labute approximate surface area is 162 Å². The Balaban J connectivity index is 1.69. The van der Waals surface area contributed by atoms with Gasteiger partial charge in [0.05, 0.1) is 12.1 Å². The van der Waals surface area contributed by atoms with Crippen LogP contribution in [-0.4, -0.2) is 53.0 Å². The van der Waals surface area contributed by atoms with Gasteiger partial charge in [0, 0.05) is 49.9 Å². The highest BCUT2D eigenvalue weighted by molar-refractivity contribution is 5.97. The van der Waals surface area contributed by atoms with Gasteiger partial charge < -0.3 is 18.8 Å². The first-order valence-corrected chi connectivity index (χ1v) is 9.51. The van der Waals surface area contributed by atoms with Crippen LogP contribution in [0, 0.1) is 18.6 Å². The van der Waals surface area contributed by atoms with Gasteiger partial charge in [-0.15, -0.1) is 0 Å². The van der Waals surface area contributed by atoms with Gasteiger partial charge in [-0.05, 0) is 19.5 Å². The number of carbonyl (C=O) groups is 1. The molecular weight excluding hydrogens is 364 g/mol. The molecule has 3 aromatic rings. The van der Waals surface area contributed by atoms with E-state index in [4.69, 9.17) is 4.42 Å². The summed E-state index contributed by atoms with van der Waals surface area (Å²) in [6.45, 7) is 8.02. The van der Waals surface area contributed by atoms with Crippen LogP contribution in [0.2, 0.25) is 0 Å². The summed E-state index contributed by atoms with van der Waals surface area (Å²) in [5.41, 5.74) is 2.11. The number of fused-ring (bicyclic) bond motifs is 1. The van der Waals surface area contributed by atoms with Crippen molar-refractivity contribution < 1.29 is 18.0 Å². The SMILES string of the molecule is CCN1CCN(C(=O)c2cc3oc(C)cc3n2Cc2ccc(F)cc2F)CC1. The monoisotopic (exact) mass is 387 g/mol. The highest BCUT2D eigenvalue weighted by Crippen LogP contribution is 2.26. The second kappa shape index (κ2) is 7.39. The molecule has 0 bridgehead atoms. The number of aryl methyl sites for hydroxylation is 1. The topological polar surface area (TPSA) is 41.6 Å². The summed E-state index contributed by atoms with van der Waals surface area (Å²) >= 11 is 0. The number of rotatable bonds is 4. The fourth-order valence-electron chi connectivity index (χ4n) is 3.76. The summed E-state index contributed by atoms with van der Waals surface area (Å²) in [4.78, 5) is 17.3. The predicted molar refractivity (Wildman–Crippen MR) is 102 cm³/mol. The third-order valence-corrected chi connectivity index (χ3v) is 5.38. The van der Waals surface area contributed by atoms with Gasteiger partial charge in [0.15, 0.2) is 5.58 Å². The molecule has 2 aromatic heterocycles. The molecule has 0 unspecified atom stereocenters. The molecule has 4 rings (SSSR count). The van der Waals surface area contributed by atoms with Crippen molar-refractivity contribution in [2.75, 3.05) is 32.7 Å². The lowest BCUT2D eigenvalue weighted by Crippen LogP contribution is -2.48. The first-order chi connectivity index (χ1) is 13.5. The van der Waals surface area contributed by atoms with E-state index in [1.807, 2.05) is 17.9 Å². The lowest BCUT2D eigenvalue weighted by Gasteiger charge is -2.34. The zero-order chi connectivity index (χ0) is 19.8. The Kier molecular flexibility index (Phi) is 4.93. The van der Waals surface area contributed by atoms with Crippen molar-refractivity contribution in [1.82, 2.24) is 14.4 Å².